The first-order valence-electron chi connectivity index (χ1n) is 6.81. The molecule has 1 amide bonds. The van der Waals surface area contributed by atoms with Gasteiger partial charge >= 0.3 is 0 Å². The van der Waals surface area contributed by atoms with Crippen LogP contribution in [-0.2, 0) is 6.42 Å². The van der Waals surface area contributed by atoms with Crippen LogP contribution in [0.15, 0.2) is 29.6 Å². The first kappa shape index (κ1) is 13.2. The lowest BCUT2D eigenvalue weighted by Crippen LogP contribution is -2.38. The Bertz CT molecular complexity index is 662. The Morgan fingerprint density at radius 2 is 2.20 bits per heavy atom. The molecule has 1 aliphatic rings. The molecular weight excluding hydrogens is 268 g/mol. The van der Waals surface area contributed by atoms with Crippen LogP contribution in [0.1, 0.15) is 39.3 Å². The van der Waals surface area contributed by atoms with Crippen molar-refractivity contribution in [2.45, 2.75) is 26.3 Å². The second-order valence-electron chi connectivity index (χ2n) is 5.31. The fourth-order valence-corrected chi connectivity index (χ4v) is 3.76. The van der Waals surface area contributed by atoms with Gasteiger partial charge in [0.2, 0.25) is 0 Å². The number of fused-ring (bicyclic) bond motifs is 1. The minimum atomic E-state index is 0.0375. The predicted octanol–water partition coefficient (Wildman–Crippen LogP) is 3.40. The third-order valence-electron chi connectivity index (χ3n) is 3.98. The molecule has 0 spiro atoms. The van der Waals surface area contributed by atoms with Gasteiger partial charge in [-0.1, -0.05) is 11.6 Å². The molecule has 1 aliphatic heterocycles. The molecule has 4 heteroatoms. The molecule has 2 aromatic rings. The molecule has 0 radical (unpaired) electrons. The maximum atomic E-state index is 12.8. The number of hydrogen-bond donors (Lipinski definition) is 1. The number of benzene rings is 1. The van der Waals surface area contributed by atoms with Gasteiger partial charge in [-0.25, -0.2) is 0 Å². The van der Waals surface area contributed by atoms with E-state index >= 15 is 0 Å². The second-order valence-corrected chi connectivity index (χ2v) is 6.32. The monoisotopic (exact) mass is 286 g/mol. The van der Waals surface area contributed by atoms with E-state index in [0.29, 0.717) is 11.3 Å². The van der Waals surface area contributed by atoms with Gasteiger partial charge in [0, 0.05) is 17.1 Å². The summed E-state index contributed by atoms with van der Waals surface area (Å²) in [6.45, 7) is 4.84. The highest BCUT2D eigenvalue weighted by atomic mass is 32.1. The van der Waals surface area contributed by atoms with Crippen molar-refractivity contribution in [2.75, 3.05) is 12.3 Å². The smallest absolute Gasteiger partial charge is 0.256 e. The molecule has 3 rings (SSSR count). The van der Waals surface area contributed by atoms with Crippen LogP contribution < -0.4 is 5.73 Å². The van der Waals surface area contributed by atoms with Gasteiger partial charge in [0.1, 0.15) is 0 Å². The summed E-state index contributed by atoms with van der Waals surface area (Å²) >= 11 is 1.78. The Labute approximate surface area is 123 Å². The van der Waals surface area contributed by atoms with Crippen molar-refractivity contribution in [3.05, 3.63) is 51.2 Å². The van der Waals surface area contributed by atoms with Crippen molar-refractivity contribution >= 4 is 22.9 Å². The Morgan fingerprint density at radius 1 is 1.40 bits per heavy atom. The summed E-state index contributed by atoms with van der Waals surface area (Å²) in [6.07, 6.45) is 0.939. The SMILES string of the molecule is Cc1ccc(N)c(C(=O)N2CCc3sccc3C2C)c1. The molecule has 2 heterocycles. The summed E-state index contributed by atoms with van der Waals surface area (Å²) in [5, 5.41) is 2.11. The molecule has 1 aromatic carbocycles. The van der Waals surface area contributed by atoms with Crippen LogP contribution in [0.25, 0.3) is 0 Å². The Balaban J connectivity index is 1.94. The normalized spacial score (nSPS) is 17.9. The van der Waals surface area contributed by atoms with Crippen LogP contribution in [0.5, 0.6) is 0 Å². The van der Waals surface area contributed by atoms with E-state index in [4.69, 9.17) is 5.73 Å². The number of aryl methyl sites for hydroxylation is 1. The quantitative estimate of drug-likeness (QED) is 0.817. The first-order valence-corrected chi connectivity index (χ1v) is 7.69. The molecule has 20 heavy (non-hydrogen) atoms. The number of nitrogens with zero attached hydrogens (tertiary/aromatic N) is 1. The molecule has 1 unspecified atom stereocenters. The Hall–Kier alpha value is -1.81. The van der Waals surface area contributed by atoms with Crippen molar-refractivity contribution < 1.29 is 4.79 Å². The molecular formula is C16H18N2OS. The zero-order chi connectivity index (χ0) is 14.3. The second kappa shape index (κ2) is 4.94. The molecule has 1 aromatic heterocycles. The van der Waals surface area contributed by atoms with E-state index < -0.39 is 0 Å². The molecule has 0 aliphatic carbocycles. The van der Waals surface area contributed by atoms with Gasteiger partial charge in [0.15, 0.2) is 0 Å². The van der Waals surface area contributed by atoms with E-state index in [2.05, 4.69) is 18.4 Å². The fraction of sp³-hybridized carbons (Fsp3) is 0.312. The summed E-state index contributed by atoms with van der Waals surface area (Å²) in [5.41, 5.74) is 9.49. The van der Waals surface area contributed by atoms with Gasteiger partial charge in [0.25, 0.3) is 5.91 Å². The van der Waals surface area contributed by atoms with Crippen LogP contribution >= 0.6 is 11.3 Å². The lowest BCUT2D eigenvalue weighted by molar-refractivity contribution is 0.0680. The first-order chi connectivity index (χ1) is 9.58. The molecule has 3 nitrogen and oxygen atoms in total. The van der Waals surface area contributed by atoms with Crippen molar-refractivity contribution in [3.63, 3.8) is 0 Å². The lowest BCUT2D eigenvalue weighted by atomic mass is 9.99. The predicted molar refractivity (Wildman–Crippen MR) is 83.1 cm³/mol. The third kappa shape index (κ3) is 2.10. The van der Waals surface area contributed by atoms with Gasteiger partial charge in [0.05, 0.1) is 11.6 Å². The van der Waals surface area contributed by atoms with Gasteiger partial charge in [-0.15, -0.1) is 11.3 Å². The maximum Gasteiger partial charge on any atom is 0.256 e. The molecule has 1 atom stereocenters. The number of nitrogen functional groups attached to an aromatic ring is 1. The van der Waals surface area contributed by atoms with E-state index in [1.165, 1.54) is 10.4 Å². The molecule has 2 N–H and O–H groups in total. The van der Waals surface area contributed by atoms with Crippen molar-refractivity contribution in [1.82, 2.24) is 4.90 Å². The molecule has 0 saturated heterocycles. The summed E-state index contributed by atoms with van der Waals surface area (Å²) in [7, 11) is 0. The average Bonchev–Trinajstić information content (AvgIpc) is 2.90. The Morgan fingerprint density at radius 3 is 3.00 bits per heavy atom. The topological polar surface area (TPSA) is 46.3 Å². The number of hydrogen-bond acceptors (Lipinski definition) is 3. The highest BCUT2D eigenvalue weighted by Gasteiger charge is 2.29. The molecule has 0 bridgehead atoms. The Kier molecular flexibility index (Phi) is 3.26. The number of carbonyl (C=O) groups excluding carboxylic acids is 1. The van der Waals surface area contributed by atoms with Gasteiger partial charge < -0.3 is 10.6 Å². The fourth-order valence-electron chi connectivity index (χ4n) is 2.80. The van der Waals surface area contributed by atoms with Gasteiger partial charge in [-0.2, -0.15) is 0 Å². The number of thiophene rings is 1. The highest BCUT2D eigenvalue weighted by Crippen LogP contribution is 2.34. The largest absolute Gasteiger partial charge is 0.398 e. The zero-order valence-electron chi connectivity index (χ0n) is 11.7. The number of carbonyl (C=O) groups is 1. The summed E-state index contributed by atoms with van der Waals surface area (Å²) in [6, 6.07) is 7.88. The minimum absolute atomic E-state index is 0.0375. The zero-order valence-corrected chi connectivity index (χ0v) is 12.5. The maximum absolute atomic E-state index is 12.8. The molecule has 0 saturated carbocycles. The van der Waals surface area contributed by atoms with E-state index in [-0.39, 0.29) is 11.9 Å². The average molecular weight is 286 g/mol. The minimum Gasteiger partial charge on any atom is -0.398 e. The standard InChI is InChI=1S/C16H18N2OS/c1-10-3-4-14(17)13(9-10)16(19)18-7-5-15-12(11(18)2)6-8-20-15/h3-4,6,8-9,11H,5,7,17H2,1-2H3. The van der Waals surface area contributed by atoms with E-state index in [1.54, 1.807) is 11.3 Å². The third-order valence-corrected chi connectivity index (χ3v) is 4.97. The summed E-state index contributed by atoms with van der Waals surface area (Å²) < 4.78 is 0. The van der Waals surface area contributed by atoms with Crippen molar-refractivity contribution in [3.8, 4) is 0 Å². The van der Waals surface area contributed by atoms with E-state index in [1.807, 2.05) is 30.0 Å². The highest BCUT2D eigenvalue weighted by molar-refractivity contribution is 7.10. The number of amides is 1. The van der Waals surface area contributed by atoms with Crippen LogP contribution in [0.3, 0.4) is 0 Å². The van der Waals surface area contributed by atoms with Crippen molar-refractivity contribution in [2.24, 2.45) is 0 Å². The van der Waals surface area contributed by atoms with Gasteiger partial charge in [-0.05, 0) is 49.4 Å². The molecule has 0 fully saturated rings. The van der Waals surface area contributed by atoms with Crippen LogP contribution in [0.2, 0.25) is 0 Å². The van der Waals surface area contributed by atoms with Gasteiger partial charge in [-0.3, -0.25) is 4.79 Å². The van der Waals surface area contributed by atoms with E-state index in [9.17, 15) is 4.79 Å². The summed E-state index contributed by atoms with van der Waals surface area (Å²) in [5.74, 6) is 0.0375. The lowest BCUT2D eigenvalue weighted by Gasteiger charge is -2.34. The number of anilines is 1. The summed E-state index contributed by atoms with van der Waals surface area (Å²) in [4.78, 5) is 16.1. The molecule has 104 valence electrons. The van der Waals surface area contributed by atoms with Crippen LogP contribution in [0.4, 0.5) is 5.69 Å². The van der Waals surface area contributed by atoms with Crippen LogP contribution in [0, 0.1) is 6.92 Å². The van der Waals surface area contributed by atoms with Crippen LogP contribution in [-0.4, -0.2) is 17.4 Å². The van der Waals surface area contributed by atoms with Crippen molar-refractivity contribution in [1.29, 1.82) is 0 Å². The number of rotatable bonds is 1. The number of nitrogens with two attached hydrogens (primary N) is 1. The van der Waals surface area contributed by atoms with E-state index in [0.717, 1.165) is 18.5 Å².